The van der Waals surface area contributed by atoms with Gasteiger partial charge in [-0.1, -0.05) is 0 Å². The van der Waals surface area contributed by atoms with Crippen molar-refractivity contribution in [3.63, 3.8) is 0 Å². The van der Waals surface area contributed by atoms with Crippen molar-refractivity contribution in [2.75, 3.05) is 40.5 Å². The molecule has 0 saturated carbocycles. The summed E-state index contributed by atoms with van der Waals surface area (Å²) in [5, 5.41) is 9.65. The molecule has 96 valence electrons. The highest BCUT2D eigenvalue weighted by Gasteiger charge is 2.28. The highest BCUT2D eigenvalue weighted by molar-refractivity contribution is 5.84. The average Bonchev–Trinajstić information content (AvgIpc) is 2.21. The Morgan fingerprint density at radius 2 is 1.75 bits per heavy atom. The zero-order chi connectivity index (χ0) is 12.6. The SMILES string of the molecule is COCCCN(CCOC)C(=O)C(C)(C)O. The zero-order valence-corrected chi connectivity index (χ0v) is 10.7. The van der Waals surface area contributed by atoms with E-state index in [-0.39, 0.29) is 5.91 Å². The number of nitrogens with zero attached hydrogens (tertiary/aromatic N) is 1. The van der Waals surface area contributed by atoms with Crippen molar-refractivity contribution < 1.29 is 19.4 Å². The zero-order valence-electron chi connectivity index (χ0n) is 10.7. The number of hydrogen-bond acceptors (Lipinski definition) is 4. The van der Waals surface area contributed by atoms with E-state index in [0.29, 0.717) is 26.3 Å². The number of hydrogen-bond donors (Lipinski definition) is 1. The summed E-state index contributed by atoms with van der Waals surface area (Å²) in [7, 11) is 3.21. The second kappa shape index (κ2) is 7.60. The maximum Gasteiger partial charge on any atom is 0.254 e. The van der Waals surface area contributed by atoms with Crippen LogP contribution in [0.1, 0.15) is 20.3 Å². The molecule has 0 fully saturated rings. The molecule has 0 aromatic heterocycles. The fourth-order valence-corrected chi connectivity index (χ4v) is 1.30. The summed E-state index contributed by atoms with van der Waals surface area (Å²) in [6.45, 7) is 5.11. The molecule has 0 aliphatic rings. The predicted molar refractivity (Wildman–Crippen MR) is 61.2 cm³/mol. The number of methoxy groups -OCH3 is 2. The minimum Gasteiger partial charge on any atom is -0.385 e. The number of ether oxygens (including phenoxy) is 2. The van der Waals surface area contributed by atoms with Crippen molar-refractivity contribution in [3.05, 3.63) is 0 Å². The third kappa shape index (κ3) is 6.05. The van der Waals surface area contributed by atoms with Crippen LogP contribution in [0.4, 0.5) is 0 Å². The van der Waals surface area contributed by atoms with Crippen LogP contribution in [-0.4, -0.2) is 62.0 Å². The molecule has 0 saturated heterocycles. The van der Waals surface area contributed by atoms with Crippen LogP contribution in [-0.2, 0) is 14.3 Å². The molecule has 0 radical (unpaired) electrons. The summed E-state index contributed by atoms with van der Waals surface area (Å²) in [6, 6.07) is 0. The minimum absolute atomic E-state index is 0.277. The second-order valence-electron chi connectivity index (χ2n) is 4.19. The van der Waals surface area contributed by atoms with Crippen LogP contribution in [0.5, 0.6) is 0 Å². The van der Waals surface area contributed by atoms with Gasteiger partial charge in [0.15, 0.2) is 0 Å². The van der Waals surface area contributed by atoms with Crippen molar-refractivity contribution >= 4 is 5.91 Å². The first-order valence-corrected chi connectivity index (χ1v) is 5.43. The van der Waals surface area contributed by atoms with Crippen molar-refractivity contribution in [1.29, 1.82) is 0 Å². The first-order chi connectivity index (χ1) is 7.43. The van der Waals surface area contributed by atoms with E-state index in [2.05, 4.69) is 0 Å². The molecule has 5 heteroatoms. The van der Waals surface area contributed by atoms with Crippen LogP contribution in [0.25, 0.3) is 0 Å². The third-order valence-electron chi connectivity index (χ3n) is 2.15. The van der Waals surface area contributed by atoms with Gasteiger partial charge < -0.3 is 19.5 Å². The number of carbonyl (C=O) groups excluding carboxylic acids is 1. The van der Waals surface area contributed by atoms with Gasteiger partial charge in [-0.15, -0.1) is 0 Å². The molecule has 0 bridgehead atoms. The van der Waals surface area contributed by atoms with Gasteiger partial charge in [-0.05, 0) is 20.3 Å². The number of carbonyl (C=O) groups is 1. The monoisotopic (exact) mass is 233 g/mol. The molecule has 0 spiro atoms. The molecule has 16 heavy (non-hydrogen) atoms. The van der Waals surface area contributed by atoms with Gasteiger partial charge in [-0.2, -0.15) is 0 Å². The van der Waals surface area contributed by atoms with Gasteiger partial charge in [0.1, 0.15) is 5.60 Å². The molecule has 0 rings (SSSR count). The topological polar surface area (TPSA) is 59.0 Å². The van der Waals surface area contributed by atoms with E-state index < -0.39 is 5.60 Å². The molecule has 0 aliphatic carbocycles. The van der Waals surface area contributed by atoms with Crippen molar-refractivity contribution in [2.24, 2.45) is 0 Å². The number of amides is 1. The van der Waals surface area contributed by atoms with E-state index in [1.165, 1.54) is 13.8 Å². The largest absolute Gasteiger partial charge is 0.385 e. The van der Waals surface area contributed by atoms with Gasteiger partial charge in [-0.3, -0.25) is 4.79 Å². The molecule has 0 aromatic rings. The van der Waals surface area contributed by atoms with E-state index in [9.17, 15) is 9.90 Å². The van der Waals surface area contributed by atoms with Gasteiger partial charge in [0.25, 0.3) is 5.91 Å². The van der Waals surface area contributed by atoms with Crippen molar-refractivity contribution in [2.45, 2.75) is 25.9 Å². The van der Waals surface area contributed by atoms with E-state index in [4.69, 9.17) is 9.47 Å². The van der Waals surface area contributed by atoms with Crippen LogP contribution < -0.4 is 0 Å². The quantitative estimate of drug-likeness (QED) is 0.611. The summed E-state index contributed by atoms with van der Waals surface area (Å²) in [6.07, 6.45) is 0.752. The lowest BCUT2D eigenvalue weighted by Gasteiger charge is -2.28. The molecule has 5 nitrogen and oxygen atoms in total. The Morgan fingerprint density at radius 1 is 1.19 bits per heavy atom. The molecule has 1 amide bonds. The van der Waals surface area contributed by atoms with Crippen LogP contribution in [0.15, 0.2) is 0 Å². The Morgan fingerprint density at radius 3 is 2.19 bits per heavy atom. The maximum absolute atomic E-state index is 11.8. The molecule has 0 aromatic carbocycles. The summed E-state index contributed by atoms with van der Waals surface area (Å²) < 4.78 is 9.87. The van der Waals surface area contributed by atoms with Crippen LogP contribution in [0, 0.1) is 0 Å². The van der Waals surface area contributed by atoms with E-state index in [1.807, 2.05) is 0 Å². The highest BCUT2D eigenvalue weighted by Crippen LogP contribution is 2.08. The molecule has 0 atom stereocenters. The van der Waals surface area contributed by atoms with Crippen molar-refractivity contribution in [3.8, 4) is 0 Å². The smallest absolute Gasteiger partial charge is 0.254 e. The summed E-state index contributed by atoms with van der Waals surface area (Å²) in [4.78, 5) is 13.4. The number of rotatable bonds is 8. The Balaban J connectivity index is 4.24. The summed E-state index contributed by atoms with van der Waals surface area (Å²) in [5.74, 6) is -0.277. The first-order valence-electron chi connectivity index (χ1n) is 5.43. The third-order valence-corrected chi connectivity index (χ3v) is 2.15. The molecule has 1 N–H and O–H groups in total. The predicted octanol–water partition coefficient (Wildman–Crippen LogP) is 0.269. The lowest BCUT2D eigenvalue weighted by atomic mass is 10.1. The fourth-order valence-electron chi connectivity index (χ4n) is 1.30. The Labute approximate surface area is 97.3 Å². The lowest BCUT2D eigenvalue weighted by molar-refractivity contribution is -0.148. The first kappa shape index (κ1) is 15.3. The molecular weight excluding hydrogens is 210 g/mol. The second-order valence-corrected chi connectivity index (χ2v) is 4.19. The normalized spacial score (nSPS) is 11.6. The molecule has 0 aliphatic heterocycles. The molecule has 0 heterocycles. The lowest BCUT2D eigenvalue weighted by Crippen LogP contribution is -2.47. The van der Waals surface area contributed by atoms with Gasteiger partial charge >= 0.3 is 0 Å². The Hall–Kier alpha value is -0.650. The summed E-state index contributed by atoms with van der Waals surface area (Å²) >= 11 is 0. The van der Waals surface area contributed by atoms with Gasteiger partial charge in [0.05, 0.1) is 6.61 Å². The standard InChI is InChI=1S/C11H23NO4/c1-11(2,14)10(13)12(7-9-16-4)6-5-8-15-3/h14H,5-9H2,1-4H3. The maximum atomic E-state index is 11.8. The van der Waals surface area contributed by atoms with Gasteiger partial charge in [0.2, 0.25) is 0 Å². The van der Waals surface area contributed by atoms with Gasteiger partial charge in [-0.25, -0.2) is 0 Å². The van der Waals surface area contributed by atoms with E-state index in [0.717, 1.165) is 6.42 Å². The van der Waals surface area contributed by atoms with Crippen molar-refractivity contribution in [1.82, 2.24) is 4.90 Å². The van der Waals surface area contributed by atoms with E-state index in [1.54, 1.807) is 19.1 Å². The summed E-state index contributed by atoms with van der Waals surface area (Å²) in [5.41, 5.74) is -1.33. The fraction of sp³-hybridized carbons (Fsp3) is 0.909. The van der Waals surface area contributed by atoms with Crippen LogP contribution >= 0.6 is 0 Å². The van der Waals surface area contributed by atoms with Crippen LogP contribution in [0.2, 0.25) is 0 Å². The Kier molecular flexibility index (Phi) is 7.29. The van der Waals surface area contributed by atoms with Gasteiger partial charge in [0, 0.05) is 33.9 Å². The average molecular weight is 233 g/mol. The molecular formula is C11H23NO4. The minimum atomic E-state index is -1.33. The Bertz CT molecular complexity index is 201. The van der Waals surface area contributed by atoms with Crippen LogP contribution in [0.3, 0.4) is 0 Å². The van der Waals surface area contributed by atoms with E-state index >= 15 is 0 Å². The number of aliphatic hydroxyl groups is 1. The highest BCUT2D eigenvalue weighted by atomic mass is 16.5. The molecule has 0 unspecified atom stereocenters.